The molecule has 2 unspecified atom stereocenters. The van der Waals surface area contributed by atoms with Crippen molar-refractivity contribution in [2.24, 2.45) is 17.3 Å². The summed E-state index contributed by atoms with van der Waals surface area (Å²) >= 11 is 0. The Morgan fingerprint density at radius 2 is 1.83 bits per heavy atom. The Morgan fingerprint density at radius 3 is 2.43 bits per heavy atom. The largest absolute Gasteiger partial charge is 0.294 e. The van der Waals surface area contributed by atoms with Crippen LogP contribution in [0.3, 0.4) is 0 Å². The summed E-state index contributed by atoms with van der Waals surface area (Å²) in [4.78, 5) is 24.4. The Labute approximate surface area is 140 Å². The molecule has 2 rings (SSSR count). The van der Waals surface area contributed by atoms with Crippen LogP contribution in [-0.4, -0.2) is 11.6 Å². The lowest BCUT2D eigenvalue weighted by Gasteiger charge is -2.16. The van der Waals surface area contributed by atoms with Crippen LogP contribution < -0.4 is 0 Å². The number of hydrogen-bond acceptors (Lipinski definition) is 2. The summed E-state index contributed by atoms with van der Waals surface area (Å²) in [5, 5.41) is 0. The molecule has 0 aromatic heterocycles. The smallest absolute Gasteiger partial charge is 0.166 e. The SMILES string of the molecule is C/C(=C\CCCC1CC1C(=O)c1ccccc1)C(=O)C(C)(C)C. The lowest BCUT2D eigenvalue weighted by molar-refractivity contribution is -0.122. The van der Waals surface area contributed by atoms with Gasteiger partial charge >= 0.3 is 0 Å². The van der Waals surface area contributed by atoms with Crippen molar-refractivity contribution in [2.75, 3.05) is 0 Å². The Kier molecular flexibility index (Phi) is 5.56. The number of carbonyl (C=O) groups excluding carboxylic acids is 2. The molecule has 2 nitrogen and oxygen atoms in total. The van der Waals surface area contributed by atoms with Gasteiger partial charge in [0.2, 0.25) is 0 Å². The summed E-state index contributed by atoms with van der Waals surface area (Å²) in [5.41, 5.74) is 1.40. The quantitative estimate of drug-likeness (QED) is 0.392. The van der Waals surface area contributed by atoms with E-state index >= 15 is 0 Å². The minimum absolute atomic E-state index is 0.221. The summed E-state index contributed by atoms with van der Waals surface area (Å²) in [6.45, 7) is 7.77. The molecule has 1 aliphatic rings. The van der Waals surface area contributed by atoms with Crippen LogP contribution >= 0.6 is 0 Å². The average molecular weight is 312 g/mol. The van der Waals surface area contributed by atoms with Crippen molar-refractivity contribution in [2.45, 2.75) is 53.4 Å². The molecule has 23 heavy (non-hydrogen) atoms. The van der Waals surface area contributed by atoms with Crippen LogP contribution in [0.2, 0.25) is 0 Å². The number of Topliss-reactive ketones (excluding diaryl/α,β-unsaturated/α-hetero) is 2. The van der Waals surface area contributed by atoms with Gasteiger partial charge in [0.15, 0.2) is 11.6 Å². The van der Waals surface area contributed by atoms with E-state index in [4.69, 9.17) is 0 Å². The number of hydrogen-bond donors (Lipinski definition) is 0. The molecule has 1 aromatic rings. The highest BCUT2D eigenvalue weighted by molar-refractivity contribution is 5.99. The third-order valence-corrected chi connectivity index (χ3v) is 4.59. The normalized spacial score (nSPS) is 21.1. The highest BCUT2D eigenvalue weighted by Crippen LogP contribution is 2.44. The second kappa shape index (κ2) is 7.25. The monoisotopic (exact) mass is 312 g/mol. The fourth-order valence-corrected chi connectivity index (χ4v) is 3.09. The van der Waals surface area contributed by atoms with E-state index in [1.165, 1.54) is 0 Å². The van der Waals surface area contributed by atoms with Crippen molar-refractivity contribution < 1.29 is 9.59 Å². The van der Waals surface area contributed by atoms with Gasteiger partial charge in [0.1, 0.15) is 0 Å². The van der Waals surface area contributed by atoms with Crippen LogP contribution in [0.1, 0.15) is 63.7 Å². The Hall–Kier alpha value is -1.70. The van der Waals surface area contributed by atoms with Crippen LogP contribution in [0.15, 0.2) is 42.0 Å². The number of benzene rings is 1. The molecule has 0 heterocycles. The highest BCUT2D eigenvalue weighted by atomic mass is 16.1. The zero-order chi connectivity index (χ0) is 17.0. The van der Waals surface area contributed by atoms with Gasteiger partial charge in [-0.25, -0.2) is 0 Å². The first kappa shape index (κ1) is 17.7. The molecule has 2 heteroatoms. The lowest BCUT2D eigenvalue weighted by Crippen LogP contribution is -2.20. The maximum absolute atomic E-state index is 12.3. The minimum atomic E-state index is -0.301. The van der Waals surface area contributed by atoms with Gasteiger partial charge in [-0.2, -0.15) is 0 Å². The average Bonchev–Trinajstić information content (AvgIpc) is 3.29. The van der Waals surface area contributed by atoms with Crippen molar-refractivity contribution in [1.29, 1.82) is 0 Å². The topological polar surface area (TPSA) is 34.1 Å². The van der Waals surface area contributed by atoms with Gasteiger partial charge in [-0.3, -0.25) is 9.59 Å². The molecule has 1 saturated carbocycles. The molecule has 0 amide bonds. The van der Waals surface area contributed by atoms with E-state index in [0.717, 1.165) is 36.8 Å². The van der Waals surface area contributed by atoms with Crippen LogP contribution in [0.5, 0.6) is 0 Å². The molecule has 0 saturated heterocycles. The molecular weight excluding hydrogens is 284 g/mol. The van der Waals surface area contributed by atoms with E-state index in [0.29, 0.717) is 11.7 Å². The molecule has 0 radical (unpaired) electrons. The second-order valence-electron chi connectivity index (χ2n) is 7.73. The van der Waals surface area contributed by atoms with E-state index in [1.54, 1.807) is 0 Å². The van der Waals surface area contributed by atoms with Gasteiger partial charge in [-0.15, -0.1) is 0 Å². The van der Waals surface area contributed by atoms with E-state index in [9.17, 15) is 9.59 Å². The second-order valence-corrected chi connectivity index (χ2v) is 7.73. The molecule has 1 fully saturated rings. The highest BCUT2D eigenvalue weighted by Gasteiger charge is 2.42. The van der Waals surface area contributed by atoms with Crippen molar-refractivity contribution in [3.8, 4) is 0 Å². The van der Waals surface area contributed by atoms with Crippen molar-refractivity contribution in [3.05, 3.63) is 47.5 Å². The maximum atomic E-state index is 12.3. The number of ketones is 2. The standard InChI is InChI=1S/C21H28O2/c1-15(20(23)21(2,3)4)10-8-9-13-17-14-18(17)19(22)16-11-6-5-7-12-16/h5-7,10-12,17-18H,8-9,13-14H2,1-4H3/b15-10+. The fraction of sp³-hybridized carbons (Fsp3) is 0.524. The zero-order valence-corrected chi connectivity index (χ0v) is 14.8. The van der Waals surface area contributed by atoms with Crippen LogP contribution in [0, 0.1) is 17.3 Å². The number of carbonyl (C=O) groups is 2. The first-order valence-corrected chi connectivity index (χ1v) is 8.61. The first-order chi connectivity index (χ1) is 10.8. The van der Waals surface area contributed by atoms with E-state index < -0.39 is 0 Å². The van der Waals surface area contributed by atoms with Gasteiger partial charge in [-0.1, -0.05) is 57.2 Å². The van der Waals surface area contributed by atoms with Gasteiger partial charge in [0.25, 0.3) is 0 Å². The number of allylic oxidation sites excluding steroid dienone is 2. The molecular formula is C21H28O2. The third-order valence-electron chi connectivity index (χ3n) is 4.59. The first-order valence-electron chi connectivity index (χ1n) is 8.61. The van der Waals surface area contributed by atoms with Crippen molar-refractivity contribution in [3.63, 3.8) is 0 Å². The predicted molar refractivity (Wildman–Crippen MR) is 94.4 cm³/mol. The molecule has 1 aliphatic carbocycles. The lowest BCUT2D eigenvalue weighted by atomic mass is 9.86. The Balaban J connectivity index is 1.73. The number of rotatable bonds is 7. The maximum Gasteiger partial charge on any atom is 0.166 e. The summed E-state index contributed by atoms with van der Waals surface area (Å²) in [5.74, 6) is 1.28. The minimum Gasteiger partial charge on any atom is -0.294 e. The molecule has 0 bridgehead atoms. The Bertz CT molecular complexity index is 590. The summed E-state index contributed by atoms with van der Waals surface area (Å²) < 4.78 is 0. The van der Waals surface area contributed by atoms with Crippen LogP contribution in [0.4, 0.5) is 0 Å². The zero-order valence-electron chi connectivity index (χ0n) is 14.8. The van der Waals surface area contributed by atoms with Crippen LogP contribution in [0.25, 0.3) is 0 Å². The van der Waals surface area contributed by atoms with Crippen molar-refractivity contribution >= 4 is 11.6 Å². The van der Waals surface area contributed by atoms with Crippen molar-refractivity contribution in [1.82, 2.24) is 0 Å². The molecule has 0 spiro atoms. The Morgan fingerprint density at radius 1 is 1.17 bits per heavy atom. The number of unbranched alkanes of at least 4 members (excludes halogenated alkanes) is 1. The van der Waals surface area contributed by atoms with Crippen LogP contribution in [-0.2, 0) is 4.79 Å². The van der Waals surface area contributed by atoms with Gasteiger partial charge in [0.05, 0.1) is 0 Å². The summed E-state index contributed by atoms with van der Waals surface area (Å²) in [6.07, 6.45) is 6.15. The summed E-state index contributed by atoms with van der Waals surface area (Å²) in [6, 6.07) is 9.59. The third kappa shape index (κ3) is 4.89. The van der Waals surface area contributed by atoms with E-state index in [2.05, 4.69) is 6.08 Å². The van der Waals surface area contributed by atoms with E-state index in [-0.39, 0.29) is 17.1 Å². The van der Waals surface area contributed by atoms with Gasteiger partial charge < -0.3 is 0 Å². The fourth-order valence-electron chi connectivity index (χ4n) is 3.09. The van der Waals surface area contributed by atoms with Gasteiger partial charge in [-0.05, 0) is 44.1 Å². The molecule has 0 aliphatic heterocycles. The molecule has 2 atom stereocenters. The molecule has 124 valence electrons. The predicted octanol–water partition coefficient (Wildman–Crippen LogP) is 5.24. The molecule has 1 aromatic carbocycles. The summed E-state index contributed by atoms with van der Waals surface area (Å²) in [7, 11) is 0. The van der Waals surface area contributed by atoms with Gasteiger partial charge in [0, 0.05) is 16.9 Å². The molecule has 0 N–H and O–H groups in total. The van der Waals surface area contributed by atoms with E-state index in [1.807, 2.05) is 58.0 Å².